The second kappa shape index (κ2) is 6.16. The van der Waals surface area contributed by atoms with Crippen molar-refractivity contribution in [3.8, 4) is 0 Å². The summed E-state index contributed by atoms with van der Waals surface area (Å²) in [6, 6.07) is 12.1. The van der Waals surface area contributed by atoms with Gasteiger partial charge in [-0.1, -0.05) is 35.3 Å². The second-order valence-electron chi connectivity index (χ2n) is 4.24. The van der Waals surface area contributed by atoms with E-state index in [4.69, 9.17) is 28.9 Å². The Hall–Kier alpha value is -1.71. The van der Waals surface area contributed by atoms with Crippen LogP contribution in [0.15, 0.2) is 42.5 Å². The normalized spacial score (nSPS) is 10.3. The molecule has 0 aliphatic rings. The van der Waals surface area contributed by atoms with Crippen molar-refractivity contribution >= 4 is 40.5 Å². The highest BCUT2D eigenvalue weighted by Crippen LogP contribution is 2.27. The molecule has 2 aromatic carbocycles. The third kappa shape index (κ3) is 2.89. The summed E-state index contributed by atoms with van der Waals surface area (Å²) in [5.41, 5.74) is 7.65. The van der Waals surface area contributed by atoms with Crippen molar-refractivity contribution in [3.63, 3.8) is 0 Å². The van der Waals surface area contributed by atoms with Crippen LogP contribution in [0.3, 0.4) is 0 Å². The first-order valence-electron chi connectivity index (χ1n) is 6.16. The van der Waals surface area contributed by atoms with Gasteiger partial charge in [-0.15, -0.1) is 0 Å². The van der Waals surface area contributed by atoms with Crippen LogP contribution in [0.2, 0.25) is 10.0 Å². The average molecular weight is 309 g/mol. The number of nitrogen functional groups attached to an aromatic ring is 1. The van der Waals surface area contributed by atoms with Gasteiger partial charge in [0.2, 0.25) is 0 Å². The molecule has 5 heteroatoms. The number of nitrogens with zero attached hydrogens (tertiary/aromatic N) is 1. The van der Waals surface area contributed by atoms with Gasteiger partial charge in [0.15, 0.2) is 0 Å². The predicted molar refractivity (Wildman–Crippen MR) is 84.7 cm³/mol. The molecule has 0 saturated carbocycles. The van der Waals surface area contributed by atoms with Gasteiger partial charge >= 0.3 is 0 Å². The minimum absolute atomic E-state index is 0.163. The van der Waals surface area contributed by atoms with Gasteiger partial charge in [0.1, 0.15) is 0 Å². The molecule has 20 heavy (non-hydrogen) atoms. The lowest BCUT2D eigenvalue weighted by Gasteiger charge is -2.22. The van der Waals surface area contributed by atoms with Gasteiger partial charge in [0.25, 0.3) is 5.91 Å². The summed E-state index contributed by atoms with van der Waals surface area (Å²) in [5.74, 6) is -0.163. The largest absolute Gasteiger partial charge is 0.397 e. The Bertz CT molecular complexity index is 644. The summed E-state index contributed by atoms with van der Waals surface area (Å²) in [7, 11) is 0. The van der Waals surface area contributed by atoms with E-state index in [-0.39, 0.29) is 5.91 Å². The maximum atomic E-state index is 12.6. The molecule has 0 aliphatic heterocycles. The molecule has 0 atom stereocenters. The van der Waals surface area contributed by atoms with Gasteiger partial charge in [-0.25, -0.2) is 0 Å². The molecule has 0 spiro atoms. The quantitative estimate of drug-likeness (QED) is 0.862. The van der Waals surface area contributed by atoms with Crippen molar-refractivity contribution in [1.82, 2.24) is 0 Å². The van der Waals surface area contributed by atoms with Crippen LogP contribution in [0.5, 0.6) is 0 Å². The Labute approximate surface area is 127 Å². The van der Waals surface area contributed by atoms with E-state index in [1.54, 1.807) is 29.2 Å². The minimum atomic E-state index is -0.163. The lowest BCUT2D eigenvalue weighted by Crippen LogP contribution is -2.31. The molecule has 104 valence electrons. The van der Waals surface area contributed by atoms with E-state index in [0.717, 1.165) is 0 Å². The molecular weight excluding hydrogens is 295 g/mol. The Morgan fingerprint density at radius 1 is 1.15 bits per heavy atom. The molecule has 0 aliphatic carbocycles. The summed E-state index contributed by atoms with van der Waals surface area (Å²) in [6.07, 6.45) is 0. The maximum absolute atomic E-state index is 12.6. The van der Waals surface area contributed by atoms with Crippen molar-refractivity contribution in [2.75, 3.05) is 17.2 Å². The highest BCUT2D eigenvalue weighted by Gasteiger charge is 2.18. The SMILES string of the molecule is CCN(C(=O)c1ccc(Cl)c(Cl)c1)c1ccccc1N. The number of carbonyl (C=O) groups is 1. The van der Waals surface area contributed by atoms with E-state index in [2.05, 4.69) is 0 Å². The maximum Gasteiger partial charge on any atom is 0.258 e. The van der Waals surface area contributed by atoms with E-state index in [0.29, 0.717) is 33.5 Å². The average Bonchev–Trinajstić information content (AvgIpc) is 2.44. The van der Waals surface area contributed by atoms with Crippen molar-refractivity contribution in [1.29, 1.82) is 0 Å². The van der Waals surface area contributed by atoms with Crippen LogP contribution in [0, 0.1) is 0 Å². The van der Waals surface area contributed by atoms with Crippen molar-refractivity contribution in [2.45, 2.75) is 6.92 Å². The summed E-state index contributed by atoms with van der Waals surface area (Å²) in [4.78, 5) is 14.2. The Morgan fingerprint density at radius 3 is 2.45 bits per heavy atom. The summed E-state index contributed by atoms with van der Waals surface area (Å²) in [6.45, 7) is 2.40. The summed E-state index contributed by atoms with van der Waals surface area (Å²) < 4.78 is 0. The molecule has 0 unspecified atom stereocenters. The molecule has 3 nitrogen and oxygen atoms in total. The number of halogens is 2. The van der Waals surface area contributed by atoms with Gasteiger partial charge in [-0.05, 0) is 37.3 Å². The zero-order valence-electron chi connectivity index (χ0n) is 10.9. The lowest BCUT2D eigenvalue weighted by atomic mass is 10.1. The Kier molecular flexibility index (Phi) is 4.53. The predicted octanol–water partition coefficient (Wildman–Crippen LogP) is 4.24. The number of amides is 1. The van der Waals surface area contributed by atoms with Crippen molar-refractivity contribution in [3.05, 3.63) is 58.1 Å². The number of benzene rings is 2. The second-order valence-corrected chi connectivity index (χ2v) is 5.05. The Balaban J connectivity index is 2.39. The third-order valence-electron chi connectivity index (χ3n) is 2.96. The first kappa shape index (κ1) is 14.7. The van der Waals surface area contributed by atoms with Crippen LogP contribution >= 0.6 is 23.2 Å². The van der Waals surface area contributed by atoms with Gasteiger partial charge in [-0.2, -0.15) is 0 Å². The van der Waals surface area contributed by atoms with Crippen molar-refractivity contribution in [2.24, 2.45) is 0 Å². The topological polar surface area (TPSA) is 46.3 Å². The van der Waals surface area contributed by atoms with E-state index in [1.807, 2.05) is 25.1 Å². The number of hydrogen-bond acceptors (Lipinski definition) is 2. The van der Waals surface area contributed by atoms with Gasteiger partial charge in [-0.3, -0.25) is 4.79 Å². The lowest BCUT2D eigenvalue weighted by molar-refractivity contribution is 0.0988. The van der Waals surface area contributed by atoms with E-state index in [1.165, 1.54) is 0 Å². The molecule has 0 radical (unpaired) electrons. The molecule has 2 N–H and O–H groups in total. The van der Waals surface area contributed by atoms with E-state index >= 15 is 0 Å². The zero-order valence-corrected chi connectivity index (χ0v) is 12.4. The van der Waals surface area contributed by atoms with Crippen molar-refractivity contribution < 1.29 is 4.79 Å². The fraction of sp³-hybridized carbons (Fsp3) is 0.133. The smallest absolute Gasteiger partial charge is 0.258 e. The fourth-order valence-electron chi connectivity index (χ4n) is 1.94. The molecule has 2 rings (SSSR count). The summed E-state index contributed by atoms with van der Waals surface area (Å²) >= 11 is 11.8. The standard InChI is InChI=1S/C15H14Cl2N2O/c1-2-19(14-6-4-3-5-13(14)18)15(20)10-7-8-11(16)12(17)9-10/h3-9H,2,18H2,1H3. The van der Waals surface area contributed by atoms with Crippen LogP contribution in [-0.2, 0) is 0 Å². The third-order valence-corrected chi connectivity index (χ3v) is 3.69. The van der Waals surface area contributed by atoms with Crippen LogP contribution in [-0.4, -0.2) is 12.5 Å². The molecule has 0 saturated heterocycles. The number of para-hydroxylation sites is 2. The molecule has 2 aromatic rings. The number of hydrogen-bond donors (Lipinski definition) is 1. The number of carbonyl (C=O) groups excluding carboxylic acids is 1. The first-order valence-corrected chi connectivity index (χ1v) is 6.91. The van der Waals surface area contributed by atoms with Crippen LogP contribution in [0.4, 0.5) is 11.4 Å². The van der Waals surface area contributed by atoms with Gasteiger partial charge < -0.3 is 10.6 Å². The first-order chi connectivity index (χ1) is 9.54. The van der Waals surface area contributed by atoms with Gasteiger partial charge in [0, 0.05) is 12.1 Å². The number of rotatable bonds is 3. The molecule has 0 aromatic heterocycles. The van der Waals surface area contributed by atoms with Crippen LogP contribution in [0.25, 0.3) is 0 Å². The summed E-state index contributed by atoms with van der Waals surface area (Å²) in [5, 5.41) is 0.778. The van der Waals surface area contributed by atoms with E-state index < -0.39 is 0 Å². The molecular formula is C15H14Cl2N2O. The van der Waals surface area contributed by atoms with Crippen LogP contribution in [0.1, 0.15) is 17.3 Å². The fourth-order valence-corrected chi connectivity index (χ4v) is 2.24. The molecule has 0 heterocycles. The molecule has 1 amide bonds. The highest BCUT2D eigenvalue weighted by molar-refractivity contribution is 6.42. The Morgan fingerprint density at radius 2 is 1.85 bits per heavy atom. The number of nitrogens with two attached hydrogens (primary N) is 1. The van der Waals surface area contributed by atoms with Gasteiger partial charge in [0.05, 0.1) is 21.4 Å². The molecule has 0 bridgehead atoms. The monoisotopic (exact) mass is 308 g/mol. The van der Waals surface area contributed by atoms with E-state index in [9.17, 15) is 4.79 Å². The molecule has 0 fully saturated rings. The van der Waals surface area contributed by atoms with Crippen LogP contribution < -0.4 is 10.6 Å². The highest BCUT2D eigenvalue weighted by atomic mass is 35.5. The minimum Gasteiger partial charge on any atom is -0.397 e. The number of anilines is 2. The zero-order chi connectivity index (χ0) is 14.7.